The maximum atomic E-state index is 10.0. The topological polar surface area (TPSA) is 70.4 Å². The summed E-state index contributed by atoms with van der Waals surface area (Å²) in [5.41, 5.74) is 2.69. The number of anilines is 3. The summed E-state index contributed by atoms with van der Waals surface area (Å²) < 4.78 is 6.32. The van der Waals surface area contributed by atoms with Gasteiger partial charge in [0.1, 0.15) is 0 Å². The molecule has 0 amide bonds. The summed E-state index contributed by atoms with van der Waals surface area (Å²) in [7, 11) is 7.84. The Balaban J connectivity index is 2.26. The molecule has 0 atom stereocenters. The molecular formula is C24H30ClN3O3Zn. The molecule has 6 nitrogen and oxygen atoms in total. The summed E-state index contributed by atoms with van der Waals surface area (Å²) in [6.45, 7) is 0.759. The van der Waals surface area contributed by atoms with E-state index in [2.05, 4.69) is 10.9 Å². The number of rotatable bonds is 12. The molecule has 0 spiro atoms. The second-order valence-electron chi connectivity index (χ2n) is 7.75. The summed E-state index contributed by atoms with van der Waals surface area (Å²) in [6.07, 6.45) is 0. The van der Waals surface area contributed by atoms with Crippen LogP contribution in [0, 0.1) is 0 Å². The van der Waals surface area contributed by atoms with Crippen molar-refractivity contribution >= 4 is 26.8 Å². The number of aliphatic hydroxyl groups excluding tert-OH is 3. The molecule has 32 heavy (non-hydrogen) atoms. The van der Waals surface area contributed by atoms with Crippen molar-refractivity contribution in [2.75, 3.05) is 50.4 Å². The first-order valence-corrected chi connectivity index (χ1v) is 18.9. The Morgan fingerprint density at radius 2 is 0.750 bits per heavy atom. The van der Waals surface area contributed by atoms with Gasteiger partial charge in [-0.1, -0.05) is 0 Å². The number of nitrogens with zero attached hydrogens (tertiary/aromatic N) is 3. The fraction of sp³-hybridized carbons (Fsp3) is 0.250. The van der Waals surface area contributed by atoms with Gasteiger partial charge < -0.3 is 0 Å². The third kappa shape index (κ3) is 5.42. The summed E-state index contributed by atoms with van der Waals surface area (Å²) in [4.78, 5) is 0. The van der Waals surface area contributed by atoms with Crippen LogP contribution in [-0.2, 0) is 14.5 Å². The van der Waals surface area contributed by atoms with Crippen molar-refractivity contribution in [2.45, 2.75) is 0 Å². The zero-order chi connectivity index (χ0) is 22.8. The first kappa shape index (κ1) is 24.5. The fourth-order valence-electron chi connectivity index (χ4n) is 4.58. The fourth-order valence-corrected chi connectivity index (χ4v) is 18.9. The van der Waals surface area contributed by atoms with Gasteiger partial charge >= 0.3 is 198 Å². The number of hydrogen-bond donors (Lipinski definition) is 3. The van der Waals surface area contributed by atoms with Gasteiger partial charge in [0, 0.05) is 0 Å². The Labute approximate surface area is 197 Å². The Bertz CT molecular complexity index is 801. The molecule has 168 valence electrons. The van der Waals surface area contributed by atoms with Crippen LogP contribution >= 0.6 is 9.69 Å². The summed E-state index contributed by atoms with van der Waals surface area (Å²) in [5.74, 6) is 0. The molecule has 0 radical (unpaired) electrons. The van der Waals surface area contributed by atoms with E-state index < -0.39 is 14.5 Å². The standard InChI is InChI=1S/3C8H10NO.ClH.Zn/c3*10-7-6-9-8-4-2-1-3-5-8;;/h3*1-5,10H,6-7H2;1H;/q3*-1;;+4/p-1. The third-order valence-corrected chi connectivity index (χ3v) is 20.8. The Hall–Kier alpha value is -2.15. The number of hydrogen-bond acceptors (Lipinski definition) is 6. The molecule has 0 saturated heterocycles. The molecule has 0 aliphatic carbocycles. The molecule has 3 N–H and O–H groups in total. The zero-order valence-electron chi connectivity index (χ0n) is 18.2. The number of benzene rings is 3. The van der Waals surface area contributed by atoms with Gasteiger partial charge in [0.2, 0.25) is 0 Å². The predicted octanol–water partition coefficient (Wildman–Crippen LogP) is 3.54. The molecule has 3 aromatic carbocycles. The van der Waals surface area contributed by atoms with Crippen molar-refractivity contribution in [1.29, 1.82) is 0 Å². The van der Waals surface area contributed by atoms with E-state index in [1.807, 2.05) is 91.0 Å². The van der Waals surface area contributed by atoms with Crippen molar-refractivity contribution in [3.8, 4) is 0 Å². The quantitative estimate of drug-likeness (QED) is 0.325. The minimum atomic E-state index is -4.60. The average molecular weight is 509 g/mol. The maximum absolute atomic E-state index is 10.0. The third-order valence-electron chi connectivity index (χ3n) is 5.93. The van der Waals surface area contributed by atoms with Crippen LogP contribution in [0.15, 0.2) is 91.0 Å². The molecule has 8 heteroatoms. The van der Waals surface area contributed by atoms with Crippen LogP contribution in [0.25, 0.3) is 0 Å². The van der Waals surface area contributed by atoms with E-state index in [1.54, 1.807) is 0 Å². The van der Waals surface area contributed by atoms with Crippen LogP contribution in [0.3, 0.4) is 0 Å². The number of halogens is 1. The van der Waals surface area contributed by atoms with Gasteiger partial charge in [-0.2, -0.15) is 0 Å². The first-order valence-electron chi connectivity index (χ1n) is 11.0. The van der Waals surface area contributed by atoms with Gasteiger partial charge in [0.25, 0.3) is 0 Å². The van der Waals surface area contributed by atoms with Crippen LogP contribution in [0.2, 0.25) is 0 Å². The molecular weight excluding hydrogens is 479 g/mol. The second kappa shape index (κ2) is 12.2. The van der Waals surface area contributed by atoms with Crippen molar-refractivity contribution in [2.24, 2.45) is 0 Å². The van der Waals surface area contributed by atoms with Gasteiger partial charge in [-0.05, 0) is 0 Å². The van der Waals surface area contributed by atoms with E-state index in [0.29, 0.717) is 19.6 Å². The van der Waals surface area contributed by atoms with E-state index >= 15 is 0 Å². The summed E-state index contributed by atoms with van der Waals surface area (Å²) in [6, 6.07) is 29.4. The summed E-state index contributed by atoms with van der Waals surface area (Å²) >= 11 is -4.60. The minimum absolute atomic E-state index is 0.0774. The van der Waals surface area contributed by atoms with Crippen molar-refractivity contribution in [1.82, 2.24) is 0 Å². The van der Waals surface area contributed by atoms with Gasteiger partial charge in [-0.3, -0.25) is 0 Å². The SMILES string of the molecule is OCC[N](c1ccccc1)[Zn]([Cl])([N](CCO)c1ccccc1)[N](CCO)c1ccccc1. The van der Waals surface area contributed by atoms with Crippen LogP contribution < -0.4 is 10.9 Å². The van der Waals surface area contributed by atoms with Gasteiger partial charge in [-0.25, -0.2) is 0 Å². The monoisotopic (exact) mass is 507 g/mol. The molecule has 0 heterocycles. The Kier molecular flexibility index (Phi) is 9.33. The molecule has 0 fully saturated rings. The van der Waals surface area contributed by atoms with Crippen molar-refractivity contribution in [3.63, 3.8) is 0 Å². The van der Waals surface area contributed by atoms with Crippen LogP contribution in [-0.4, -0.2) is 54.8 Å². The molecule has 0 bridgehead atoms. The number of aliphatic hydroxyl groups is 3. The van der Waals surface area contributed by atoms with E-state index in [-0.39, 0.29) is 19.8 Å². The predicted molar refractivity (Wildman–Crippen MR) is 128 cm³/mol. The van der Waals surface area contributed by atoms with Crippen LogP contribution in [0.4, 0.5) is 17.1 Å². The molecule has 0 aliphatic rings. The summed E-state index contributed by atoms with van der Waals surface area (Å²) in [5, 5.41) is 30.1. The van der Waals surface area contributed by atoms with Gasteiger partial charge in [-0.15, -0.1) is 0 Å². The van der Waals surface area contributed by atoms with Gasteiger partial charge in [0.05, 0.1) is 0 Å². The van der Waals surface area contributed by atoms with E-state index in [9.17, 15) is 15.3 Å². The van der Waals surface area contributed by atoms with Crippen molar-refractivity contribution < 1.29 is 29.8 Å². The van der Waals surface area contributed by atoms with Gasteiger partial charge in [0.15, 0.2) is 0 Å². The Morgan fingerprint density at radius 3 is 0.969 bits per heavy atom. The molecule has 3 rings (SSSR count). The Morgan fingerprint density at radius 1 is 0.500 bits per heavy atom. The molecule has 0 aromatic heterocycles. The first-order chi connectivity index (χ1) is 15.7. The van der Waals surface area contributed by atoms with Crippen LogP contribution in [0.5, 0.6) is 0 Å². The second-order valence-corrected chi connectivity index (χ2v) is 19.6. The molecule has 3 aromatic rings. The molecule has 0 aliphatic heterocycles. The van der Waals surface area contributed by atoms with Crippen molar-refractivity contribution in [3.05, 3.63) is 91.0 Å². The van der Waals surface area contributed by atoms with E-state index in [4.69, 9.17) is 9.69 Å². The molecule has 0 unspecified atom stereocenters. The van der Waals surface area contributed by atoms with E-state index in [1.165, 1.54) is 0 Å². The normalized spacial score (nSPS) is 10.8. The van der Waals surface area contributed by atoms with Crippen LogP contribution in [0.1, 0.15) is 0 Å². The zero-order valence-corrected chi connectivity index (χ0v) is 21.9. The van der Waals surface area contributed by atoms with E-state index in [0.717, 1.165) is 17.1 Å². The number of para-hydroxylation sites is 3. The molecule has 0 saturated carbocycles. The average Bonchev–Trinajstić information content (AvgIpc) is 2.85.